The predicted molar refractivity (Wildman–Crippen MR) is 225 cm³/mol. The standard InChI is InChI=1S/C37H25N.C13H10S/c1-24-28-11-4-5-13-30(28)31-19-17-25(22-33(24)31)21-26-18-20-37-34(23-26)32-14-6-7-15-36(32)38(37)35-16-8-10-27-9-2-3-12-29(27)35;1-9-6-7-13-11(8-9)10-4-2-3-5-12(10)14-13/h2-20,22-23H,1,21H2;2-8H,1H3. The third-order valence-corrected chi connectivity index (χ3v) is 11.8. The zero-order valence-corrected chi connectivity index (χ0v) is 29.8. The second kappa shape index (κ2) is 12.2. The number of hydrogen-bond acceptors (Lipinski definition) is 1. The zero-order chi connectivity index (χ0) is 34.8. The van der Waals surface area contributed by atoms with Crippen LogP contribution in [0, 0.1) is 6.92 Å². The molecule has 0 radical (unpaired) electrons. The fourth-order valence-electron chi connectivity index (χ4n) is 8.18. The lowest BCUT2D eigenvalue weighted by molar-refractivity contribution is 1.18. The van der Waals surface area contributed by atoms with Gasteiger partial charge >= 0.3 is 0 Å². The number of nitrogens with zero attached hydrogens (tertiary/aromatic N) is 1. The molecule has 8 aromatic carbocycles. The highest BCUT2D eigenvalue weighted by Crippen LogP contribution is 2.44. The van der Waals surface area contributed by atoms with Crippen LogP contribution in [-0.4, -0.2) is 4.57 Å². The van der Waals surface area contributed by atoms with Gasteiger partial charge in [-0.1, -0.05) is 140 Å². The van der Waals surface area contributed by atoms with Crippen LogP contribution in [0.25, 0.3) is 75.1 Å². The highest BCUT2D eigenvalue weighted by molar-refractivity contribution is 7.25. The van der Waals surface area contributed by atoms with E-state index in [-0.39, 0.29) is 0 Å². The number of aryl methyl sites for hydroxylation is 1. The molecule has 1 nitrogen and oxygen atoms in total. The molecule has 246 valence electrons. The van der Waals surface area contributed by atoms with Crippen LogP contribution in [0.15, 0.2) is 176 Å². The summed E-state index contributed by atoms with van der Waals surface area (Å²) in [7, 11) is 0. The first-order chi connectivity index (χ1) is 25.6. The molecule has 0 saturated heterocycles. The molecule has 2 aromatic heterocycles. The Kier molecular flexibility index (Phi) is 7.19. The monoisotopic (exact) mass is 681 g/mol. The van der Waals surface area contributed by atoms with Gasteiger partial charge in [-0.3, -0.25) is 0 Å². The van der Waals surface area contributed by atoms with Crippen LogP contribution >= 0.6 is 11.3 Å². The fraction of sp³-hybridized carbons (Fsp3) is 0.0400. The van der Waals surface area contributed by atoms with E-state index in [1.54, 1.807) is 0 Å². The van der Waals surface area contributed by atoms with E-state index in [1.807, 2.05) is 11.3 Å². The van der Waals surface area contributed by atoms with Gasteiger partial charge in [-0.2, -0.15) is 0 Å². The van der Waals surface area contributed by atoms with E-state index in [9.17, 15) is 0 Å². The van der Waals surface area contributed by atoms with Crippen molar-refractivity contribution < 1.29 is 0 Å². The molecular weight excluding hydrogens is 647 g/mol. The summed E-state index contributed by atoms with van der Waals surface area (Å²) in [6.45, 7) is 6.56. The topological polar surface area (TPSA) is 4.93 Å². The van der Waals surface area contributed by atoms with Crippen LogP contribution < -0.4 is 0 Å². The Labute approximate surface area is 307 Å². The minimum absolute atomic E-state index is 0.890. The minimum atomic E-state index is 0.890. The first kappa shape index (κ1) is 30.6. The van der Waals surface area contributed by atoms with Gasteiger partial charge in [-0.15, -0.1) is 11.3 Å². The fourth-order valence-corrected chi connectivity index (χ4v) is 9.27. The summed E-state index contributed by atoms with van der Waals surface area (Å²) < 4.78 is 5.19. The molecule has 52 heavy (non-hydrogen) atoms. The molecular formula is C50H35NS. The Balaban J connectivity index is 0.000000202. The van der Waals surface area contributed by atoms with Crippen LogP contribution in [0.1, 0.15) is 27.8 Å². The summed E-state index contributed by atoms with van der Waals surface area (Å²) in [4.78, 5) is 0. The van der Waals surface area contributed by atoms with Gasteiger partial charge in [0.25, 0.3) is 0 Å². The van der Waals surface area contributed by atoms with Gasteiger partial charge in [0.15, 0.2) is 0 Å². The SMILES string of the molecule is C=C1c2ccccc2-c2ccc(Cc3ccc4c(c3)c3ccccc3n4-c3cccc4ccccc34)cc21.Cc1ccc2sc3ccccc3c2c1. The van der Waals surface area contributed by atoms with Crippen molar-refractivity contribution in [1.82, 2.24) is 4.57 Å². The molecule has 0 spiro atoms. The highest BCUT2D eigenvalue weighted by atomic mass is 32.1. The molecule has 0 aliphatic heterocycles. The van der Waals surface area contributed by atoms with Crippen LogP contribution in [0.4, 0.5) is 0 Å². The van der Waals surface area contributed by atoms with Gasteiger partial charge in [0.1, 0.15) is 0 Å². The molecule has 0 amide bonds. The summed E-state index contributed by atoms with van der Waals surface area (Å²) in [6, 6.07) is 61.7. The van der Waals surface area contributed by atoms with E-state index in [1.165, 1.54) is 97.4 Å². The molecule has 0 bridgehead atoms. The predicted octanol–water partition coefficient (Wildman–Crippen LogP) is 13.9. The lowest BCUT2D eigenvalue weighted by Gasteiger charge is -2.12. The summed E-state index contributed by atoms with van der Waals surface area (Å²) in [5, 5.41) is 7.88. The summed E-state index contributed by atoms with van der Waals surface area (Å²) >= 11 is 1.87. The first-order valence-corrected chi connectivity index (χ1v) is 18.7. The minimum Gasteiger partial charge on any atom is -0.309 e. The average Bonchev–Trinajstić information content (AvgIpc) is 3.82. The van der Waals surface area contributed by atoms with Crippen molar-refractivity contribution in [3.05, 3.63) is 204 Å². The van der Waals surface area contributed by atoms with Gasteiger partial charge in [0.05, 0.1) is 16.7 Å². The quantitative estimate of drug-likeness (QED) is 0.175. The van der Waals surface area contributed by atoms with E-state index in [2.05, 4.69) is 188 Å². The smallest absolute Gasteiger partial charge is 0.0541 e. The summed E-state index contributed by atoms with van der Waals surface area (Å²) in [6.07, 6.45) is 0.890. The molecule has 2 heterocycles. The highest BCUT2D eigenvalue weighted by Gasteiger charge is 2.22. The van der Waals surface area contributed by atoms with Crippen molar-refractivity contribution >= 4 is 69.7 Å². The molecule has 10 aromatic rings. The number of para-hydroxylation sites is 1. The van der Waals surface area contributed by atoms with Gasteiger partial charge < -0.3 is 4.57 Å². The van der Waals surface area contributed by atoms with Crippen molar-refractivity contribution in [3.8, 4) is 16.8 Å². The van der Waals surface area contributed by atoms with E-state index in [0.29, 0.717) is 0 Å². The van der Waals surface area contributed by atoms with E-state index < -0.39 is 0 Å². The van der Waals surface area contributed by atoms with E-state index >= 15 is 0 Å². The third kappa shape index (κ3) is 4.98. The largest absolute Gasteiger partial charge is 0.309 e. The van der Waals surface area contributed by atoms with Crippen molar-refractivity contribution in [1.29, 1.82) is 0 Å². The lowest BCUT2D eigenvalue weighted by atomic mass is 9.97. The third-order valence-electron chi connectivity index (χ3n) is 10.6. The van der Waals surface area contributed by atoms with Crippen LogP contribution in [0.2, 0.25) is 0 Å². The van der Waals surface area contributed by atoms with Crippen LogP contribution in [-0.2, 0) is 6.42 Å². The maximum atomic E-state index is 4.41. The first-order valence-electron chi connectivity index (χ1n) is 17.9. The Morgan fingerprint density at radius 2 is 1.12 bits per heavy atom. The molecule has 0 unspecified atom stereocenters. The van der Waals surface area contributed by atoms with Gasteiger partial charge in [-0.25, -0.2) is 0 Å². The average molecular weight is 682 g/mol. The number of benzene rings is 8. The molecule has 11 rings (SSSR count). The zero-order valence-electron chi connectivity index (χ0n) is 28.9. The number of rotatable bonds is 3. The second-order valence-electron chi connectivity index (χ2n) is 13.9. The van der Waals surface area contributed by atoms with Crippen LogP contribution in [0.3, 0.4) is 0 Å². The molecule has 0 atom stereocenters. The van der Waals surface area contributed by atoms with Crippen molar-refractivity contribution in [2.45, 2.75) is 13.3 Å². The van der Waals surface area contributed by atoms with Crippen molar-refractivity contribution in [2.75, 3.05) is 0 Å². The Bertz CT molecular complexity index is 3020. The van der Waals surface area contributed by atoms with Crippen molar-refractivity contribution in [2.24, 2.45) is 0 Å². The summed E-state index contributed by atoms with van der Waals surface area (Å²) in [5.74, 6) is 0. The Morgan fingerprint density at radius 3 is 2.02 bits per heavy atom. The van der Waals surface area contributed by atoms with Crippen LogP contribution in [0.5, 0.6) is 0 Å². The lowest BCUT2D eigenvalue weighted by Crippen LogP contribution is -1.95. The van der Waals surface area contributed by atoms with E-state index in [0.717, 1.165) is 12.0 Å². The number of thiophene rings is 1. The number of hydrogen-bond donors (Lipinski definition) is 0. The normalized spacial score (nSPS) is 12.1. The number of aromatic nitrogens is 1. The van der Waals surface area contributed by atoms with Crippen molar-refractivity contribution in [3.63, 3.8) is 0 Å². The van der Waals surface area contributed by atoms with Gasteiger partial charge in [0, 0.05) is 36.3 Å². The molecule has 0 saturated carbocycles. The molecule has 2 heteroatoms. The molecule has 1 aliphatic rings. The molecule has 1 aliphatic carbocycles. The number of fused-ring (bicyclic) bond motifs is 10. The summed E-state index contributed by atoms with van der Waals surface area (Å²) in [5.41, 5.74) is 13.9. The molecule has 0 fully saturated rings. The van der Waals surface area contributed by atoms with Gasteiger partial charge in [0.2, 0.25) is 0 Å². The second-order valence-corrected chi connectivity index (χ2v) is 15.0. The Hall–Kier alpha value is -6.22. The maximum Gasteiger partial charge on any atom is 0.0541 e. The maximum absolute atomic E-state index is 4.41. The van der Waals surface area contributed by atoms with Gasteiger partial charge in [-0.05, 0) is 100 Å². The molecule has 0 N–H and O–H groups in total. The Morgan fingerprint density at radius 1 is 0.462 bits per heavy atom. The van der Waals surface area contributed by atoms with E-state index in [4.69, 9.17) is 0 Å².